The van der Waals surface area contributed by atoms with Crippen molar-refractivity contribution in [2.75, 3.05) is 0 Å². The summed E-state index contributed by atoms with van der Waals surface area (Å²) < 4.78 is 10.8. The van der Waals surface area contributed by atoms with Crippen LogP contribution in [0.4, 0.5) is 0 Å². The maximum absolute atomic E-state index is 11.2. The van der Waals surface area contributed by atoms with Crippen molar-refractivity contribution in [2.45, 2.75) is 19.4 Å². The summed E-state index contributed by atoms with van der Waals surface area (Å²) in [6, 6.07) is 6.55. The Kier molecular flexibility index (Phi) is 2.05. The normalized spacial score (nSPS) is 16.9. The fourth-order valence-electron chi connectivity index (χ4n) is 1.96. The number of hydrogen-bond donors (Lipinski definition) is 1. The highest BCUT2D eigenvalue weighted by atomic mass is 16.5. The van der Waals surface area contributed by atoms with Gasteiger partial charge in [-0.25, -0.2) is 4.79 Å². The molecule has 1 N–H and O–H groups in total. The lowest BCUT2D eigenvalue weighted by Crippen LogP contribution is -2.33. The van der Waals surface area contributed by atoms with Gasteiger partial charge in [-0.1, -0.05) is 0 Å². The Morgan fingerprint density at radius 3 is 2.78 bits per heavy atom. The molecule has 4 heteroatoms. The first-order valence-electron chi connectivity index (χ1n) is 5.64. The molecule has 1 aliphatic rings. The van der Waals surface area contributed by atoms with Gasteiger partial charge in [-0.05, 0) is 32.1 Å². The first kappa shape index (κ1) is 10.9. The van der Waals surface area contributed by atoms with Crippen LogP contribution in [0.1, 0.15) is 19.4 Å². The number of aliphatic hydroxyl groups excluding tert-OH is 1. The zero-order chi connectivity index (χ0) is 12.9. The molecular formula is C14H12O4. The van der Waals surface area contributed by atoms with Gasteiger partial charge in [0.15, 0.2) is 5.60 Å². The van der Waals surface area contributed by atoms with Crippen molar-refractivity contribution in [3.63, 3.8) is 0 Å². The summed E-state index contributed by atoms with van der Waals surface area (Å²) in [5, 5.41) is 10.7. The summed E-state index contributed by atoms with van der Waals surface area (Å²) in [6.07, 6.45) is 1.67. The molecule has 4 nitrogen and oxygen atoms in total. The molecule has 2 aromatic rings. The van der Waals surface area contributed by atoms with E-state index in [1.165, 1.54) is 6.07 Å². The fourth-order valence-corrected chi connectivity index (χ4v) is 1.96. The number of hydrogen-bond acceptors (Lipinski definition) is 4. The second kappa shape index (κ2) is 3.38. The quantitative estimate of drug-likeness (QED) is 0.724. The minimum Gasteiger partial charge on any atom is -0.508 e. The van der Waals surface area contributed by atoms with Crippen molar-refractivity contribution in [3.8, 4) is 5.75 Å². The minimum absolute atomic E-state index is 0.173. The van der Waals surface area contributed by atoms with Crippen LogP contribution < -0.4 is 10.4 Å². The average Bonchev–Trinajstić information content (AvgIpc) is 2.28. The van der Waals surface area contributed by atoms with E-state index in [4.69, 9.17) is 9.15 Å². The second-order valence-corrected chi connectivity index (χ2v) is 4.82. The van der Waals surface area contributed by atoms with Crippen LogP contribution in [-0.2, 0) is 0 Å². The van der Waals surface area contributed by atoms with Crippen LogP contribution in [0.25, 0.3) is 17.0 Å². The number of fused-ring (bicyclic) bond motifs is 2. The van der Waals surface area contributed by atoms with Gasteiger partial charge in [-0.15, -0.1) is 0 Å². The Hall–Kier alpha value is -2.23. The summed E-state index contributed by atoms with van der Waals surface area (Å²) in [6.45, 7) is 3.54. The molecule has 1 aliphatic heterocycles. The summed E-state index contributed by atoms with van der Waals surface area (Å²) >= 11 is 0. The van der Waals surface area contributed by atoms with Crippen molar-refractivity contribution in [1.82, 2.24) is 0 Å². The van der Waals surface area contributed by atoms with E-state index in [1.807, 2.05) is 6.07 Å². The van der Waals surface area contributed by atoms with Crippen molar-refractivity contribution in [3.05, 3.63) is 46.0 Å². The van der Waals surface area contributed by atoms with Gasteiger partial charge in [0.25, 0.3) is 0 Å². The molecule has 2 heterocycles. The van der Waals surface area contributed by atoms with Crippen LogP contribution in [-0.4, -0.2) is 10.7 Å². The van der Waals surface area contributed by atoms with Gasteiger partial charge in [0.2, 0.25) is 0 Å². The molecule has 1 aromatic carbocycles. The van der Waals surface area contributed by atoms with Crippen LogP contribution in [0.2, 0.25) is 0 Å². The highest BCUT2D eigenvalue weighted by Gasteiger charge is 2.30. The zero-order valence-corrected chi connectivity index (χ0v) is 10.1. The molecule has 0 aliphatic carbocycles. The molecule has 0 saturated heterocycles. The smallest absolute Gasteiger partial charge is 0.336 e. The number of benzene rings is 1. The van der Waals surface area contributed by atoms with Crippen LogP contribution >= 0.6 is 0 Å². The molecule has 0 unspecified atom stereocenters. The summed E-state index contributed by atoms with van der Waals surface area (Å²) in [5.41, 5.74) is 0.0892. The first-order valence-corrected chi connectivity index (χ1v) is 5.64. The highest BCUT2D eigenvalue weighted by molar-refractivity contribution is 5.83. The van der Waals surface area contributed by atoms with Crippen molar-refractivity contribution < 1.29 is 14.3 Å². The van der Waals surface area contributed by atoms with Gasteiger partial charge in [0, 0.05) is 23.1 Å². The third-order valence-electron chi connectivity index (χ3n) is 3.03. The van der Waals surface area contributed by atoms with E-state index in [0.29, 0.717) is 11.3 Å². The van der Waals surface area contributed by atoms with E-state index in [9.17, 15) is 9.90 Å². The summed E-state index contributed by atoms with van der Waals surface area (Å²) in [4.78, 5) is 11.2. The summed E-state index contributed by atoms with van der Waals surface area (Å²) in [5.74, 6) is 0.770. The van der Waals surface area contributed by atoms with Crippen LogP contribution in [0.5, 0.6) is 5.75 Å². The van der Waals surface area contributed by atoms with E-state index in [0.717, 1.165) is 10.9 Å². The zero-order valence-electron chi connectivity index (χ0n) is 10.1. The molecule has 0 atom stereocenters. The average molecular weight is 244 g/mol. The first-order chi connectivity index (χ1) is 8.45. The number of rotatable bonds is 0. The maximum Gasteiger partial charge on any atom is 0.336 e. The predicted molar refractivity (Wildman–Crippen MR) is 67.8 cm³/mol. The van der Waals surface area contributed by atoms with Crippen molar-refractivity contribution in [1.29, 1.82) is 0 Å². The summed E-state index contributed by atoms with van der Waals surface area (Å²) in [7, 11) is 0. The van der Waals surface area contributed by atoms with Gasteiger partial charge < -0.3 is 14.3 Å². The third-order valence-corrected chi connectivity index (χ3v) is 3.03. The molecule has 18 heavy (non-hydrogen) atoms. The molecule has 0 radical (unpaired) electrons. The van der Waals surface area contributed by atoms with E-state index in [-0.39, 0.29) is 5.76 Å². The largest absolute Gasteiger partial charge is 0.508 e. The standard InChI is InChI=1S/C14H12O4/c1-14(2)12(15)6-9-5-8-3-4-13(16)17-10(8)7-11(9)18-14/h3-7,15H,1-2H3. The Morgan fingerprint density at radius 2 is 2.00 bits per heavy atom. The predicted octanol–water partition coefficient (Wildman–Crippen LogP) is 2.86. The molecule has 0 fully saturated rings. The molecule has 1 aromatic heterocycles. The molecule has 92 valence electrons. The number of ether oxygens (including phenoxy) is 1. The van der Waals surface area contributed by atoms with E-state index in [2.05, 4.69) is 0 Å². The molecule has 0 amide bonds. The van der Waals surface area contributed by atoms with Gasteiger partial charge >= 0.3 is 5.63 Å². The maximum atomic E-state index is 11.2. The third kappa shape index (κ3) is 1.57. The Balaban J connectivity index is 2.28. The fraction of sp³-hybridized carbons (Fsp3) is 0.214. The molecular weight excluding hydrogens is 232 g/mol. The topological polar surface area (TPSA) is 59.7 Å². The van der Waals surface area contributed by atoms with E-state index in [1.54, 1.807) is 32.1 Å². The van der Waals surface area contributed by atoms with Gasteiger partial charge in [0.1, 0.15) is 17.1 Å². The van der Waals surface area contributed by atoms with Gasteiger partial charge in [-0.3, -0.25) is 0 Å². The SMILES string of the molecule is CC1(C)Oc2cc3oc(=O)ccc3cc2C=C1O. The van der Waals surface area contributed by atoms with Crippen LogP contribution in [0, 0.1) is 0 Å². The molecule has 3 rings (SSSR count). The van der Waals surface area contributed by atoms with Gasteiger partial charge in [-0.2, -0.15) is 0 Å². The lowest BCUT2D eigenvalue weighted by atomic mass is 9.99. The van der Waals surface area contributed by atoms with Gasteiger partial charge in [0.05, 0.1) is 0 Å². The lowest BCUT2D eigenvalue weighted by molar-refractivity contribution is 0.0937. The van der Waals surface area contributed by atoms with Crippen molar-refractivity contribution >= 4 is 17.0 Å². The molecule has 0 spiro atoms. The van der Waals surface area contributed by atoms with E-state index < -0.39 is 11.2 Å². The Bertz CT molecular complexity index is 722. The number of aliphatic hydroxyl groups is 1. The van der Waals surface area contributed by atoms with E-state index >= 15 is 0 Å². The second-order valence-electron chi connectivity index (χ2n) is 4.82. The van der Waals surface area contributed by atoms with Crippen LogP contribution in [0.3, 0.4) is 0 Å². The Labute approximate surface area is 103 Å². The Morgan fingerprint density at radius 1 is 1.22 bits per heavy atom. The monoisotopic (exact) mass is 244 g/mol. The molecule has 0 saturated carbocycles. The molecule has 0 bridgehead atoms. The van der Waals surface area contributed by atoms with Crippen LogP contribution in [0.15, 0.2) is 39.2 Å². The highest BCUT2D eigenvalue weighted by Crippen LogP contribution is 2.36. The van der Waals surface area contributed by atoms with Crippen molar-refractivity contribution in [2.24, 2.45) is 0 Å². The lowest BCUT2D eigenvalue weighted by Gasteiger charge is -2.30. The minimum atomic E-state index is -0.768.